The zero-order valence-corrected chi connectivity index (χ0v) is 12.7. The zero-order valence-electron chi connectivity index (χ0n) is 11.1. The van der Waals surface area contributed by atoms with E-state index in [9.17, 15) is 22.8 Å². The Labute approximate surface area is 125 Å². The van der Waals surface area contributed by atoms with Gasteiger partial charge in [0.15, 0.2) is 0 Å². The van der Waals surface area contributed by atoms with E-state index in [1.165, 1.54) is 11.3 Å². The molecule has 1 atom stereocenters. The summed E-state index contributed by atoms with van der Waals surface area (Å²) in [6, 6.07) is 0.841. The molecule has 10 heteroatoms. The second kappa shape index (κ2) is 5.82. The maximum Gasteiger partial charge on any atom is 0.341 e. The lowest BCUT2D eigenvalue weighted by atomic mass is 10.3. The van der Waals surface area contributed by atoms with Crippen molar-refractivity contribution < 1.29 is 22.8 Å². The van der Waals surface area contributed by atoms with E-state index in [-0.39, 0.29) is 13.1 Å². The van der Waals surface area contributed by atoms with Crippen molar-refractivity contribution in [3.8, 4) is 0 Å². The average molecular weight is 331 g/mol. The van der Waals surface area contributed by atoms with E-state index >= 15 is 0 Å². The average Bonchev–Trinajstić information content (AvgIpc) is 3.03. The lowest BCUT2D eigenvalue weighted by molar-refractivity contribution is -0.109. The van der Waals surface area contributed by atoms with Crippen molar-refractivity contribution in [3.05, 3.63) is 22.4 Å². The van der Waals surface area contributed by atoms with E-state index < -0.39 is 28.1 Å². The first-order valence-electron chi connectivity index (χ1n) is 5.93. The van der Waals surface area contributed by atoms with E-state index in [1.54, 1.807) is 17.5 Å². The third-order valence-electron chi connectivity index (χ3n) is 2.88. The largest absolute Gasteiger partial charge is 0.341 e. The minimum Gasteiger partial charge on any atom is -0.323 e. The van der Waals surface area contributed by atoms with Gasteiger partial charge in [0, 0.05) is 4.88 Å². The Hall–Kier alpha value is -1.94. The fourth-order valence-electron chi connectivity index (χ4n) is 1.86. The molecule has 114 valence electrons. The summed E-state index contributed by atoms with van der Waals surface area (Å²) in [5.41, 5.74) is 0. The number of amides is 4. The first-order chi connectivity index (χ1) is 9.84. The van der Waals surface area contributed by atoms with Crippen LogP contribution in [0.25, 0.3) is 0 Å². The molecule has 8 nitrogen and oxygen atoms in total. The topological polar surface area (TPSA) is 104 Å². The van der Waals surface area contributed by atoms with Crippen LogP contribution >= 0.6 is 11.3 Å². The molecule has 0 radical (unpaired) electrons. The quantitative estimate of drug-likeness (QED) is 0.804. The molecule has 1 aliphatic heterocycles. The molecule has 1 unspecified atom stereocenters. The number of rotatable bonds is 4. The lowest BCUT2D eigenvalue weighted by Gasteiger charge is -2.18. The predicted molar refractivity (Wildman–Crippen MR) is 75.3 cm³/mol. The smallest absolute Gasteiger partial charge is 0.323 e. The highest BCUT2D eigenvalue weighted by Crippen LogP contribution is 2.18. The van der Waals surface area contributed by atoms with Crippen LogP contribution in [0, 0.1) is 0 Å². The van der Waals surface area contributed by atoms with Crippen LogP contribution in [0.15, 0.2) is 17.5 Å². The number of urea groups is 2. The number of hydrogen-bond donors (Lipinski definition) is 1. The Bertz CT molecular complexity index is 655. The number of carbonyl (C=O) groups excluding carboxylic acids is 3. The van der Waals surface area contributed by atoms with Gasteiger partial charge in [-0.25, -0.2) is 27.2 Å². The van der Waals surface area contributed by atoms with Gasteiger partial charge >= 0.3 is 12.1 Å². The van der Waals surface area contributed by atoms with Gasteiger partial charge in [-0.05, 0) is 11.4 Å². The molecule has 2 rings (SSSR count). The van der Waals surface area contributed by atoms with E-state index in [0.29, 0.717) is 15.5 Å². The Morgan fingerprint density at radius 1 is 1.48 bits per heavy atom. The van der Waals surface area contributed by atoms with Gasteiger partial charge in [0.1, 0.15) is 12.3 Å². The van der Waals surface area contributed by atoms with Gasteiger partial charge in [0.25, 0.3) is 0 Å². The highest BCUT2D eigenvalue weighted by Gasteiger charge is 2.38. The summed E-state index contributed by atoms with van der Waals surface area (Å²) < 4.78 is 23.4. The van der Waals surface area contributed by atoms with Crippen LogP contribution in [0.2, 0.25) is 0 Å². The van der Waals surface area contributed by atoms with Gasteiger partial charge in [0.2, 0.25) is 10.0 Å². The van der Waals surface area contributed by atoms with Crippen molar-refractivity contribution in [2.24, 2.45) is 0 Å². The Balaban J connectivity index is 2.08. The normalized spacial score (nSPS) is 16.9. The van der Waals surface area contributed by atoms with Crippen molar-refractivity contribution in [2.45, 2.75) is 6.04 Å². The molecule has 0 saturated carbocycles. The van der Waals surface area contributed by atoms with E-state index in [1.807, 2.05) is 0 Å². The molecule has 1 N–H and O–H groups in total. The summed E-state index contributed by atoms with van der Waals surface area (Å²) in [5, 5.41) is 4.15. The summed E-state index contributed by atoms with van der Waals surface area (Å²) >= 11 is 1.29. The van der Waals surface area contributed by atoms with E-state index in [4.69, 9.17) is 0 Å². The molecule has 1 saturated heterocycles. The highest BCUT2D eigenvalue weighted by atomic mass is 32.2. The predicted octanol–water partition coefficient (Wildman–Crippen LogP) is 0.395. The van der Waals surface area contributed by atoms with Gasteiger partial charge in [0.05, 0.1) is 19.3 Å². The number of carbonyl (C=O) groups is 3. The molecule has 1 fully saturated rings. The van der Waals surface area contributed by atoms with Crippen LogP contribution in [0.5, 0.6) is 0 Å². The summed E-state index contributed by atoms with van der Waals surface area (Å²) in [5.74, 6) is 0. The molecule has 0 spiro atoms. The minimum atomic E-state index is -3.70. The third kappa shape index (κ3) is 3.22. The Kier molecular flexibility index (Phi) is 4.28. The maximum absolute atomic E-state index is 12.0. The first kappa shape index (κ1) is 15.4. The molecule has 0 aromatic carbocycles. The maximum atomic E-state index is 12.0. The summed E-state index contributed by atoms with van der Waals surface area (Å²) in [6.07, 6.45) is 1.45. The number of nitrogens with zero attached hydrogens (tertiary/aromatic N) is 2. The van der Waals surface area contributed by atoms with Gasteiger partial charge in [-0.1, -0.05) is 6.07 Å². The molecule has 21 heavy (non-hydrogen) atoms. The van der Waals surface area contributed by atoms with Crippen LogP contribution in [0.1, 0.15) is 10.9 Å². The molecule has 4 amide bonds. The van der Waals surface area contributed by atoms with Gasteiger partial charge in [-0.3, -0.25) is 0 Å². The van der Waals surface area contributed by atoms with Crippen molar-refractivity contribution in [3.63, 3.8) is 0 Å². The molecular weight excluding hydrogens is 318 g/mol. The van der Waals surface area contributed by atoms with Crippen molar-refractivity contribution >= 4 is 39.7 Å². The third-order valence-corrected chi connectivity index (χ3v) is 4.98. The molecule has 1 aromatic heterocycles. The summed E-state index contributed by atoms with van der Waals surface area (Å²) in [6.45, 7) is -0.135. The van der Waals surface area contributed by atoms with Crippen LogP contribution in [0.4, 0.5) is 9.59 Å². The Morgan fingerprint density at radius 3 is 2.67 bits per heavy atom. The van der Waals surface area contributed by atoms with Crippen LogP contribution < -0.4 is 5.32 Å². The standard InChI is InChI=1S/C11H13N3O5S2/c1-21(18,19)14-5-4-13(11(14)17)10(16)12-8(7-15)9-3-2-6-20-9/h2-3,6-8H,4-5H2,1H3,(H,12,16). The number of hydrogen-bond acceptors (Lipinski definition) is 6. The number of nitrogens with one attached hydrogen (secondary N) is 1. The van der Waals surface area contributed by atoms with Crippen molar-refractivity contribution in [1.82, 2.24) is 14.5 Å². The van der Waals surface area contributed by atoms with Crippen LogP contribution in [-0.4, -0.2) is 55.3 Å². The molecule has 1 aliphatic rings. The van der Waals surface area contributed by atoms with Crippen LogP contribution in [0.3, 0.4) is 0 Å². The monoisotopic (exact) mass is 331 g/mol. The van der Waals surface area contributed by atoms with E-state index in [0.717, 1.165) is 11.2 Å². The number of imide groups is 1. The van der Waals surface area contributed by atoms with Crippen LogP contribution in [-0.2, 0) is 14.8 Å². The lowest BCUT2D eigenvalue weighted by Crippen LogP contribution is -2.45. The highest BCUT2D eigenvalue weighted by molar-refractivity contribution is 7.88. The molecule has 1 aromatic rings. The van der Waals surface area contributed by atoms with Gasteiger partial charge in [-0.15, -0.1) is 11.3 Å². The van der Waals surface area contributed by atoms with Crippen molar-refractivity contribution in [2.75, 3.05) is 19.3 Å². The second-order valence-corrected chi connectivity index (χ2v) is 7.23. The SMILES string of the molecule is CS(=O)(=O)N1CCN(C(=O)NC(C=O)c2cccs2)C1=O. The molecule has 0 bridgehead atoms. The van der Waals surface area contributed by atoms with Crippen molar-refractivity contribution in [1.29, 1.82) is 0 Å². The minimum absolute atomic E-state index is 0.0479. The van der Waals surface area contributed by atoms with Gasteiger partial charge < -0.3 is 10.1 Å². The fraction of sp³-hybridized carbons (Fsp3) is 0.364. The van der Waals surface area contributed by atoms with Gasteiger partial charge in [-0.2, -0.15) is 0 Å². The number of thiophene rings is 1. The molecule has 2 heterocycles. The first-order valence-corrected chi connectivity index (χ1v) is 8.66. The molecular formula is C11H13N3O5S2. The number of aldehydes is 1. The Morgan fingerprint density at radius 2 is 2.19 bits per heavy atom. The molecule has 0 aliphatic carbocycles. The number of sulfonamides is 1. The second-order valence-electron chi connectivity index (χ2n) is 4.35. The summed E-state index contributed by atoms with van der Waals surface area (Å²) in [7, 11) is -3.70. The summed E-state index contributed by atoms with van der Waals surface area (Å²) in [4.78, 5) is 36.3. The zero-order chi connectivity index (χ0) is 15.6. The van der Waals surface area contributed by atoms with E-state index in [2.05, 4.69) is 5.32 Å². The fourth-order valence-corrected chi connectivity index (χ4v) is 3.39.